The number of amides is 2. The molecule has 4 aromatic rings. The van der Waals surface area contributed by atoms with Crippen LogP contribution in [0.15, 0.2) is 71.3 Å². The Bertz CT molecular complexity index is 1660. The molecule has 0 spiro atoms. The molecule has 0 saturated carbocycles. The summed E-state index contributed by atoms with van der Waals surface area (Å²) in [6, 6.07) is 13.9. The molecule has 1 unspecified atom stereocenters. The molecule has 11 heteroatoms. The van der Waals surface area contributed by atoms with E-state index >= 15 is 0 Å². The molecule has 1 atom stereocenters. The second-order valence-corrected chi connectivity index (χ2v) is 10.6. The lowest BCUT2D eigenvalue weighted by Gasteiger charge is -2.19. The second-order valence-electron chi connectivity index (χ2n) is 10.6. The first-order valence-electron chi connectivity index (χ1n) is 13.6. The van der Waals surface area contributed by atoms with Gasteiger partial charge in [-0.2, -0.15) is 13.2 Å². The summed E-state index contributed by atoms with van der Waals surface area (Å²) in [5, 5.41) is 16.0. The maximum atomic E-state index is 13.2. The third-order valence-corrected chi connectivity index (χ3v) is 7.36. The fourth-order valence-corrected chi connectivity index (χ4v) is 5.17. The standard InChI is InChI=1S/C32H28F3N3O5/c1-17(2)27-28-26(30(40)38-27)24(19-8-10-20(11-9-19)29(39)36-16-22-4-3-15-43-22)25(31(41)42)23(37-28)14-7-18-5-12-21(13-6-18)32(33,34)35/h3-6,8-13,15,17,27H,7,14,16H2,1-2H3,(H,36,39)(H,38,40)(H,41,42). The van der Waals surface area contributed by atoms with E-state index in [1.165, 1.54) is 18.4 Å². The number of fused-ring (bicyclic) bond motifs is 1. The summed E-state index contributed by atoms with van der Waals surface area (Å²) in [5.74, 6) is -1.58. The summed E-state index contributed by atoms with van der Waals surface area (Å²) in [4.78, 5) is 43.3. The zero-order valence-corrected chi connectivity index (χ0v) is 23.3. The number of carbonyl (C=O) groups is 3. The Morgan fingerprint density at radius 1 is 1.02 bits per heavy atom. The number of nitrogens with zero attached hydrogens (tertiary/aromatic N) is 1. The van der Waals surface area contributed by atoms with Gasteiger partial charge in [0.15, 0.2) is 0 Å². The number of furan rings is 1. The first-order valence-corrected chi connectivity index (χ1v) is 13.6. The summed E-state index contributed by atoms with van der Waals surface area (Å²) in [6.45, 7) is 4.00. The van der Waals surface area contributed by atoms with Crippen molar-refractivity contribution in [3.8, 4) is 11.1 Å². The number of aromatic nitrogens is 1. The quantitative estimate of drug-likeness (QED) is 0.213. The lowest BCUT2D eigenvalue weighted by Crippen LogP contribution is -2.23. The average molecular weight is 592 g/mol. The Balaban J connectivity index is 1.52. The van der Waals surface area contributed by atoms with Crippen molar-refractivity contribution in [1.82, 2.24) is 15.6 Å². The van der Waals surface area contributed by atoms with E-state index in [0.29, 0.717) is 28.1 Å². The third kappa shape index (κ3) is 6.15. The van der Waals surface area contributed by atoms with Crippen LogP contribution in [0.3, 0.4) is 0 Å². The molecule has 43 heavy (non-hydrogen) atoms. The van der Waals surface area contributed by atoms with Crippen LogP contribution in [0.4, 0.5) is 13.2 Å². The minimum Gasteiger partial charge on any atom is -0.478 e. The highest BCUT2D eigenvalue weighted by Crippen LogP contribution is 2.39. The molecule has 0 saturated heterocycles. The Morgan fingerprint density at radius 3 is 2.30 bits per heavy atom. The minimum atomic E-state index is -4.47. The maximum absolute atomic E-state index is 13.2. The summed E-state index contributed by atoms with van der Waals surface area (Å²) in [5.41, 5.74) is 1.34. The van der Waals surface area contributed by atoms with Gasteiger partial charge >= 0.3 is 12.1 Å². The van der Waals surface area contributed by atoms with Crippen molar-refractivity contribution in [2.24, 2.45) is 5.92 Å². The van der Waals surface area contributed by atoms with Crippen LogP contribution in [0, 0.1) is 5.92 Å². The van der Waals surface area contributed by atoms with Gasteiger partial charge in [-0.05, 0) is 66.3 Å². The molecule has 0 bridgehead atoms. The molecule has 0 fully saturated rings. The van der Waals surface area contributed by atoms with Gasteiger partial charge in [-0.1, -0.05) is 38.1 Å². The molecule has 2 aromatic carbocycles. The maximum Gasteiger partial charge on any atom is 0.416 e. The van der Waals surface area contributed by atoms with Crippen molar-refractivity contribution in [3.63, 3.8) is 0 Å². The SMILES string of the molecule is CC(C)C1NC(=O)c2c1nc(CCc1ccc(C(F)(F)F)cc1)c(C(=O)O)c2-c1ccc(C(=O)NCc2ccco2)cc1. The molecule has 0 radical (unpaired) electrons. The van der Waals surface area contributed by atoms with Crippen LogP contribution in [-0.2, 0) is 25.6 Å². The number of rotatable bonds is 9. The summed E-state index contributed by atoms with van der Waals surface area (Å²) in [7, 11) is 0. The number of hydrogen-bond donors (Lipinski definition) is 3. The molecule has 8 nitrogen and oxygen atoms in total. The highest BCUT2D eigenvalue weighted by atomic mass is 19.4. The largest absolute Gasteiger partial charge is 0.478 e. The van der Waals surface area contributed by atoms with Gasteiger partial charge in [0.1, 0.15) is 5.76 Å². The molecule has 1 aliphatic heterocycles. The van der Waals surface area contributed by atoms with Gasteiger partial charge in [0.25, 0.3) is 11.8 Å². The fraction of sp³-hybridized carbons (Fsp3) is 0.250. The van der Waals surface area contributed by atoms with E-state index in [9.17, 15) is 32.7 Å². The molecule has 0 aliphatic carbocycles. The zero-order valence-electron chi connectivity index (χ0n) is 23.3. The van der Waals surface area contributed by atoms with E-state index in [2.05, 4.69) is 15.6 Å². The summed E-state index contributed by atoms with van der Waals surface area (Å²) < 4.78 is 44.3. The molecule has 222 valence electrons. The van der Waals surface area contributed by atoms with E-state index in [1.807, 2.05) is 13.8 Å². The molecule has 2 aromatic heterocycles. The summed E-state index contributed by atoms with van der Waals surface area (Å²) >= 11 is 0. The zero-order chi connectivity index (χ0) is 30.9. The van der Waals surface area contributed by atoms with Crippen molar-refractivity contribution in [2.45, 2.75) is 45.5 Å². The lowest BCUT2D eigenvalue weighted by atomic mass is 9.88. The van der Waals surface area contributed by atoms with E-state index < -0.39 is 29.7 Å². The predicted molar refractivity (Wildman–Crippen MR) is 150 cm³/mol. The van der Waals surface area contributed by atoms with Crippen LogP contribution in [0.25, 0.3) is 11.1 Å². The topological polar surface area (TPSA) is 122 Å². The number of aryl methyl sites for hydroxylation is 2. The highest BCUT2D eigenvalue weighted by Gasteiger charge is 2.38. The molecular weight excluding hydrogens is 563 g/mol. The smallest absolute Gasteiger partial charge is 0.416 e. The number of carboxylic acids is 1. The van der Waals surface area contributed by atoms with Crippen molar-refractivity contribution in [1.29, 1.82) is 0 Å². The average Bonchev–Trinajstić information content (AvgIpc) is 3.61. The van der Waals surface area contributed by atoms with Gasteiger partial charge in [-0.3, -0.25) is 14.6 Å². The van der Waals surface area contributed by atoms with Crippen LogP contribution in [0.2, 0.25) is 0 Å². The lowest BCUT2D eigenvalue weighted by molar-refractivity contribution is -0.137. The molecular formula is C32H28F3N3O5. The monoisotopic (exact) mass is 591 g/mol. The Hall–Kier alpha value is -4.93. The molecule has 1 aliphatic rings. The number of halogens is 3. The highest BCUT2D eigenvalue weighted by molar-refractivity contribution is 6.10. The fourth-order valence-electron chi connectivity index (χ4n) is 5.17. The summed E-state index contributed by atoms with van der Waals surface area (Å²) in [6.07, 6.45) is -2.63. The Kier molecular flexibility index (Phi) is 8.08. The van der Waals surface area contributed by atoms with Gasteiger partial charge in [0, 0.05) is 11.1 Å². The molecule has 5 rings (SSSR count). The van der Waals surface area contributed by atoms with E-state index in [4.69, 9.17) is 4.42 Å². The van der Waals surface area contributed by atoms with E-state index in [1.54, 1.807) is 36.4 Å². The number of carboxylic acid groups (broad SMARTS) is 1. The van der Waals surface area contributed by atoms with Gasteiger partial charge in [-0.25, -0.2) is 4.79 Å². The van der Waals surface area contributed by atoms with Gasteiger partial charge in [0.2, 0.25) is 0 Å². The van der Waals surface area contributed by atoms with Crippen LogP contribution in [-0.4, -0.2) is 27.9 Å². The van der Waals surface area contributed by atoms with E-state index in [-0.39, 0.29) is 53.6 Å². The van der Waals surface area contributed by atoms with Gasteiger partial charge < -0.3 is 20.2 Å². The van der Waals surface area contributed by atoms with Crippen molar-refractivity contribution < 1.29 is 37.1 Å². The van der Waals surface area contributed by atoms with Crippen molar-refractivity contribution >= 4 is 17.8 Å². The van der Waals surface area contributed by atoms with Crippen LogP contribution in [0.5, 0.6) is 0 Å². The van der Waals surface area contributed by atoms with Gasteiger partial charge in [-0.15, -0.1) is 0 Å². The number of benzene rings is 2. The van der Waals surface area contributed by atoms with Crippen LogP contribution < -0.4 is 10.6 Å². The molecule has 3 heterocycles. The Morgan fingerprint density at radius 2 is 1.72 bits per heavy atom. The minimum absolute atomic E-state index is 0.0516. The number of hydrogen-bond acceptors (Lipinski definition) is 5. The third-order valence-electron chi connectivity index (χ3n) is 7.36. The number of alkyl halides is 3. The first kappa shape index (κ1) is 29.6. The molecule has 2 amide bonds. The number of aromatic carboxylic acids is 1. The number of carbonyl (C=O) groups excluding carboxylic acids is 2. The van der Waals surface area contributed by atoms with Crippen LogP contribution >= 0.6 is 0 Å². The van der Waals surface area contributed by atoms with Crippen LogP contribution in [0.1, 0.15) is 79.2 Å². The van der Waals surface area contributed by atoms with Crippen molar-refractivity contribution in [3.05, 3.63) is 112 Å². The number of nitrogens with one attached hydrogen (secondary N) is 2. The molecule has 3 N–H and O–H groups in total. The Labute approximate surface area is 245 Å². The van der Waals surface area contributed by atoms with Gasteiger partial charge in [0.05, 0.1) is 46.9 Å². The second kappa shape index (κ2) is 11.7. The first-order chi connectivity index (χ1) is 20.4. The normalized spacial score (nSPS) is 14.5. The number of pyridine rings is 1. The van der Waals surface area contributed by atoms with Crippen molar-refractivity contribution in [2.75, 3.05) is 0 Å². The van der Waals surface area contributed by atoms with E-state index in [0.717, 1.165) is 12.1 Å². The predicted octanol–water partition coefficient (Wildman–Crippen LogP) is 6.21.